The molecule has 0 aliphatic carbocycles. The van der Waals surface area contributed by atoms with Crippen LogP contribution in [0.15, 0.2) is 70.6 Å². The van der Waals surface area contributed by atoms with Crippen LogP contribution < -0.4 is 0 Å². The van der Waals surface area contributed by atoms with Crippen LogP contribution in [0.25, 0.3) is 0 Å². The van der Waals surface area contributed by atoms with Crippen LogP contribution in [0.5, 0.6) is 0 Å². The lowest BCUT2D eigenvalue weighted by Gasteiger charge is -2.29. The van der Waals surface area contributed by atoms with Crippen molar-refractivity contribution >= 4 is 11.8 Å². The monoisotopic (exact) mass is 510 g/mol. The number of aliphatic imine (C=N–C) groups is 2. The first-order valence-electron chi connectivity index (χ1n) is 12.8. The summed E-state index contributed by atoms with van der Waals surface area (Å²) in [4.78, 5) is 9.63. The van der Waals surface area contributed by atoms with Crippen LogP contribution in [-0.4, -0.2) is 74.2 Å². The van der Waals surface area contributed by atoms with E-state index in [-0.39, 0.29) is 18.6 Å². The van der Waals surface area contributed by atoms with Gasteiger partial charge in [0, 0.05) is 6.42 Å². The second kappa shape index (κ2) is 13.1. The summed E-state index contributed by atoms with van der Waals surface area (Å²) < 4.78 is 30.3. The fourth-order valence-corrected chi connectivity index (χ4v) is 4.81. The second-order valence-corrected chi connectivity index (χ2v) is 9.70. The standard InChI is InChI=1S/C29H38N2O6/c1-19(2)25-29(34-4)30-22(28(31-25)33-3)15-23-26(35-17-20-11-7-5-8-12-20)27(24(16-32)37-23)36-18-21-13-9-6-10-14-21/h5-14,19,22-27,32H,15-18H2,1-4H3/t22-,23-,24-,25-,26-,27-/m1/s1. The smallest absolute Gasteiger partial charge is 0.209 e. The van der Waals surface area contributed by atoms with E-state index in [9.17, 15) is 5.11 Å². The Hall–Kier alpha value is -2.78. The Kier molecular flexibility index (Phi) is 9.68. The fourth-order valence-electron chi connectivity index (χ4n) is 4.81. The molecule has 0 radical (unpaired) electrons. The number of hydrogen-bond donors (Lipinski definition) is 1. The van der Waals surface area contributed by atoms with Gasteiger partial charge in [0.15, 0.2) is 0 Å². The van der Waals surface area contributed by atoms with Crippen molar-refractivity contribution in [1.29, 1.82) is 0 Å². The molecule has 2 heterocycles. The molecule has 8 heteroatoms. The predicted octanol–water partition coefficient (Wildman–Crippen LogP) is 3.80. The zero-order valence-electron chi connectivity index (χ0n) is 22.0. The minimum atomic E-state index is -0.532. The molecule has 0 bridgehead atoms. The van der Waals surface area contributed by atoms with Crippen LogP contribution in [-0.2, 0) is 36.9 Å². The predicted molar refractivity (Wildman–Crippen MR) is 142 cm³/mol. The van der Waals surface area contributed by atoms with Crippen LogP contribution in [0.4, 0.5) is 0 Å². The Bertz CT molecular complexity index is 1030. The van der Waals surface area contributed by atoms with Gasteiger partial charge in [-0.2, -0.15) is 0 Å². The highest BCUT2D eigenvalue weighted by Crippen LogP contribution is 2.32. The van der Waals surface area contributed by atoms with Gasteiger partial charge in [0.1, 0.15) is 30.4 Å². The third-order valence-corrected chi connectivity index (χ3v) is 6.75. The van der Waals surface area contributed by atoms with E-state index >= 15 is 0 Å². The number of methoxy groups -OCH3 is 2. The lowest BCUT2D eigenvalue weighted by molar-refractivity contribution is -0.0836. The first kappa shape index (κ1) is 27.3. The first-order chi connectivity index (χ1) is 18.0. The number of hydrogen-bond acceptors (Lipinski definition) is 8. The van der Waals surface area contributed by atoms with Crippen LogP contribution >= 0.6 is 0 Å². The molecule has 0 aromatic heterocycles. The van der Waals surface area contributed by atoms with Gasteiger partial charge in [0.25, 0.3) is 0 Å². The number of nitrogens with zero attached hydrogens (tertiary/aromatic N) is 2. The van der Waals surface area contributed by atoms with Crippen molar-refractivity contribution in [2.75, 3.05) is 20.8 Å². The summed E-state index contributed by atoms with van der Waals surface area (Å²) in [5, 5.41) is 10.2. The molecule has 0 saturated carbocycles. The Balaban J connectivity index is 1.56. The van der Waals surface area contributed by atoms with Crippen LogP contribution in [0.2, 0.25) is 0 Å². The van der Waals surface area contributed by atoms with E-state index in [4.69, 9.17) is 33.7 Å². The van der Waals surface area contributed by atoms with Gasteiger partial charge < -0.3 is 28.8 Å². The number of aliphatic hydroxyl groups is 1. The van der Waals surface area contributed by atoms with E-state index in [1.54, 1.807) is 14.2 Å². The summed E-state index contributed by atoms with van der Waals surface area (Å²) in [6, 6.07) is 19.3. The Labute approximate surface area is 219 Å². The number of rotatable bonds is 10. The fraction of sp³-hybridized carbons (Fsp3) is 0.517. The van der Waals surface area contributed by atoms with E-state index in [1.165, 1.54) is 0 Å². The summed E-state index contributed by atoms with van der Waals surface area (Å²) in [6.45, 7) is 4.75. The molecule has 0 spiro atoms. The molecule has 2 aliphatic rings. The molecule has 1 saturated heterocycles. The highest BCUT2D eigenvalue weighted by atomic mass is 16.6. The topological polar surface area (TPSA) is 91.1 Å². The third kappa shape index (κ3) is 6.76. The van der Waals surface area contributed by atoms with Gasteiger partial charge in [-0.1, -0.05) is 74.5 Å². The minimum Gasteiger partial charge on any atom is -0.483 e. The van der Waals surface area contributed by atoms with Crippen molar-refractivity contribution in [1.82, 2.24) is 0 Å². The van der Waals surface area contributed by atoms with E-state index in [2.05, 4.69) is 13.8 Å². The first-order valence-corrected chi connectivity index (χ1v) is 12.8. The molecule has 0 unspecified atom stereocenters. The highest BCUT2D eigenvalue weighted by molar-refractivity contribution is 5.94. The molecule has 0 amide bonds. The normalized spacial score (nSPS) is 27.6. The van der Waals surface area contributed by atoms with Gasteiger partial charge in [0.2, 0.25) is 11.8 Å². The maximum Gasteiger partial charge on any atom is 0.209 e. The molecule has 200 valence electrons. The number of aliphatic hydroxyl groups excluding tert-OH is 1. The number of benzene rings is 2. The van der Waals surface area contributed by atoms with Crippen molar-refractivity contribution in [3.8, 4) is 0 Å². The number of ether oxygens (including phenoxy) is 5. The van der Waals surface area contributed by atoms with Crippen molar-refractivity contribution in [2.24, 2.45) is 15.9 Å². The maximum atomic E-state index is 10.2. The summed E-state index contributed by atoms with van der Waals surface area (Å²) in [5.41, 5.74) is 2.09. The van der Waals surface area contributed by atoms with Gasteiger partial charge in [-0.15, -0.1) is 0 Å². The van der Waals surface area contributed by atoms with Crippen LogP contribution in [0.1, 0.15) is 31.4 Å². The molecule has 2 aromatic carbocycles. The molecule has 2 aromatic rings. The van der Waals surface area contributed by atoms with E-state index in [0.29, 0.717) is 31.4 Å². The van der Waals surface area contributed by atoms with Gasteiger partial charge in [-0.25, -0.2) is 9.98 Å². The van der Waals surface area contributed by atoms with Gasteiger partial charge in [-0.05, 0) is 17.0 Å². The molecular weight excluding hydrogens is 472 g/mol. The van der Waals surface area contributed by atoms with Crippen molar-refractivity contribution < 1.29 is 28.8 Å². The molecule has 37 heavy (non-hydrogen) atoms. The van der Waals surface area contributed by atoms with E-state index in [0.717, 1.165) is 11.1 Å². The zero-order valence-corrected chi connectivity index (χ0v) is 22.0. The van der Waals surface area contributed by atoms with E-state index in [1.807, 2.05) is 60.7 Å². The summed E-state index contributed by atoms with van der Waals surface area (Å²) in [7, 11) is 3.23. The average Bonchev–Trinajstić information content (AvgIpc) is 3.27. The maximum absolute atomic E-state index is 10.2. The van der Waals surface area contributed by atoms with Crippen molar-refractivity contribution in [3.05, 3.63) is 71.8 Å². The molecule has 4 rings (SSSR count). The minimum absolute atomic E-state index is 0.181. The summed E-state index contributed by atoms with van der Waals surface area (Å²) >= 11 is 0. The van der Waals surface area contributed by atoms with Gasteiger partial charge >= 0.3 is 0 Å². The molecule has 1 fully saturated rings. The quantitative estimate of drug-likeness (QED) is 0.523. The van der Waals surface area contributed by atoms with Crippen molar-refractivity contribution in [2.45, 2.75) is 70.0 Å². The Morgan fingerprint density at radius 3 is 1.81 bits per heavy atom. The zero-order chi connectivity index (χ0) is 26.2. The second-order valence-electron chi connectivity index (χ2n) is 9.70. The molecule has 1 N–H and O–H groups in total. The third-order valence-electron chi connectivity index (χ3n) is 6.75. The SMILES string of the molecule is COC1=N[C@H](C(C)C)C(OC)=N[C@@H]1C[C@H]1O[C@H](CO)[C@@H](OCc2ccccc2)[C@@H]1OCc1ccccc1. The molecule has 6 atom stereocenters. The largest absolute Gasteiger partial charge is 0.483 e. The van der Waals surface area contributed by atoms with Crippen molar-refractivity contribution in [3.63, 3.8) is 0 Å². The van der Waals surface area contributed by atoms with Crippen LogP contribution in [0, 0.1) is 5.92 Å². The average molecular weight is 511 g/mol. The van der Waals surface area contributed by atoms with Gasteiger partial charge in [-0.3, -0.25) is 0 Å². The van der Waals surface area contributed by atoms with Crippen LogP contribution in [0.3, 0.4) is 0 Å². The van der Waals surface area contributed by atoms with Gasteiger partial charge in [0.05, 0.1) is 40.1 Å². The molecule has 8 nitrogen and oxygen atoms in total. The van der Waals surface area contributed by atoms with E-state index < -0.39 is 30.5 Å². The lowest BCUT2D eigenvalue weighted by Crippen LogP contribution is -2.42. The highest BCUT2D eigenvalue weighted by Gasteiger charge is 2.48. The molecular formula is C29H38N2O6. The Morgan fingerprint density at radius 2 is 1.32 bits per heavy atom. The summed E-state index contributed by atoms with van der Waals surface area (Å²) in [6.07, 6.45) is -1.37. The summed E-state index contributed by atoms with van der Waals surface area (Å²) in [5.74, 6) is 1.33. The lowest BCUT2D eigenvalue weighted by atomic mass is 9.98. The Morgan fingerprint density at radius 1 is 0.784 bits per heavy atom. The molecule has 2 aliphatic heterocycles.